The van der Waals surface area contributed by atoms with Crippen molar-refractivity contribution in [3.05, 3.63) is 39.4 Å². The van der Waals surface area contributed by atoms with E-state index >= 15 is 4.39 Å². The van der Waals surface area contributed by atoms with Crippen LogP contribution < -0.4 is 21.8 Å². The second kappa shape index (κ2) is 12.9. The number of benzene rings is 1. The van der Waals surface area contributed by atoms with Crippen LogP contribution in [-0.4, -0.2) is 53.4 Å². The fraction of sp³-hybridized carbons (Fsp3) is 0.560. The van der Waals surface area contributed by atoms with Crippen molar-refractivity contribution < 1.29 is 23.8 Å². The predicted molar refractivity (Wildman–Crippen MR) is 145 cm³/mol. The second-order valence-corrected chi connectivity index (χ2v) is 9.57. The molecule has 3 heterocycles. The molecular formula is C25H35Cl2FN4O5. The topological polar surface area (TPSA) is 141 Å². The SMILES string of the molecule is C[C@H]1CCc2c(N3CCC(OC(=O)[C@@H](N)CCCCN)CC3)c(F)cc3c(=O)c(C(=O)O)cn1c23.Cl.Cl. The third-order valence-electron chi connectivity index (χ3n) is 7.17. The number of anilines is 1. The number of carbonyl (C=O) groups excluding carboxylic acids is 1. The Bertz CT molecular complexity index is 1200. The zero-order valence-electron chi connectivity index (χ0n) is 20.8. The standard InChI is InChI=1S/C25H33FN4O5.2ClH/c1-14-5-6-16-21-17(23(31)18(24(32)33)13-30(14)21)12-19(26)22(16)29-10-7-15(8-11-29)35-25(34)20(28)4-2-3-9-27;;/h12-15,20H,2-11,27-28H2,1H3,(H,32,33);2*1H/t14-,20-;;/m0../s1. The van der Waals surface area contributed by atoms with Crippen LogP contribution >= 0.6 is 24.8 Å². The lowest BCUT2D eigenvalue weighted by Gasteiger charge is -2.37. The third-order valence-corrected chi connectivity index (χ3v) is 7.17. The molecule has 206 valence electrons. The summed E-state index contributed by atoms with van der Waals surface area (Å²) in [4.78, 5) is 38.6. The zero-order chi connectivity index (χ0) is 25.3. The Balaban J connectivity index is 0.00000241. The van der Waals surface area contributed by atoms with Crippen molar-refractivity contribution in [2.75, 3.05) is 24.5 Å². The van der Waals surface area contributed by atoms with Crippen LogP contribution in [0, 0.1) is 5.82 Å². The number of piperidine rings is 1. The van der Waals surface area contributed by atoms with Gasteiger partial charge in [0, 0.05) is 49.1 Å². The number of nitrogens with two attached hydrogens (primary N) is 2. The average Bonchev–Trinajstić information content (AvgIpc) is 2.83. The van der Waals surface area contributed by atoms with Crippen molar-refractivity contribution in [3.63, 3.8) is 0 Å². The van der Waals surface area contributed by atoms with Gasteiger partial charge in [-0.25, -0.2) is 9.18 Å². The molecule has 0 unspecified atom stereocenters. The highest BCUT2D eigenvalue weighted by Gasteiger charge is 2.31. The molecule has 0 aliphatic carbocycles. The monoisotopic (exact) mass is 560 g/mol. The molecule has 0 bridgehead atoms. The second-order valence-electron chi connectivity index (χ2n) is 9.57. The van der Waals surface area contributed by atoms with Crippen molar-refractivity contribution in [3.8, 4) is 0 Å². The van der Waals surface area contributed by atoms with Gasteiger partial charge in [-0.2, -0.15) is 0 Å². The summed E-state index contributed by atoms with van der Waals surface area (Å²) in [6.07, 6.45) is 5.58. The third kappa shape index (κ3) is 6.19. The summed E-state index contributed by atoms with van der Waals surface area (Å²) < 4.78 is 22.8. The Morgan fingerprint density at radius 1 is 1.22 bits per heavy atom. The lowest BCUT2D eigenvalue weighted by molar-refractivity contribution is -0.151. The van der Waals surface area contributed by atoms with E-state index in [9.17, 15) is 19.5 Å². The fourth-order valence-electron chi connectivity index (χ4n) is 5.20. The first-order valence-corrected chi connectivity index (χ1v) is 12.3. The van der Waals surface area contributed by atoms with Crippen molar-refractivity contribution in [1.29, 1.82) is 0 Å². The summed E-state index contributed by atoms with van der Waals surface area (Å²) in [5.74, 6) is -2.27. The van der Waals surface area contributed by atoms with E-state index in [0.717, 1.165) is 18.4 Å². The molecule has 9 nitrogen and oxygen atoms in total. The Kier molecular flexibility index (Phi) is 10.8. The number of aryl methyl sites for hydroxylation is 1. The molecule has 12 heteroatoms. The number of hydrogen-bond acceptors (Lipinski definition) is 7. The van der Waals surface area contributed by atoms with Crippen LogP contribution in [0.3, 0.4) is 0 Å². The number of carboxylic acids is 1. The maximum Gasteiger partial charge on any atom is 0.341 e. The van der Waals surface area contributed by atoms with Gasteiger partial charge in [-0.05, 0) is 45.2 Å². The number of unbranched alkanes of at least 4 members (excludes halogenated alkanes) is 1. The number of halogens is 3. The summed E-state index contributed by atoms with van der Waals surface area (Å²) in [5, 5.41) is 9.56. The highest BCUT2D eigenvalue weighted by molar-refractivity contribution is 5.95. The Morgan fingerprint density at radius 2 is 1.89 bits per heavy atom. The quantitative estimate of drug-likeness (QED) is 0.330. The van der Waals surface area contributed by atoms with Gasteiger partial charge in [0.05, 0.1) is 11.2 Å². The molecule has 2 atom stereocenters. The van der Waals surface area contributed by atoms with E-state index in [0.29, 0.717) is 62.9 Å². The molecule has 2 aliphatic heterocycles. The predicted octanol–water partition coefficient (Wildman–Crippen LogP) is 3.16. The molecule has 2 aromatic rings. The Morgan fingerprint density at radius 3 is 2.51 bits per heavy atom. The highest BCUT2D eigenvalue weighted by atomic mass is 35.5. The van der Waals surface area contributed by atoms with Gasteiger partial charge in [0.2, 0.25) is 5.43 Å². The maximum absolute atomic E-state index is 15.4. The maximum atomic E-state index is 15.4. The molecule has 0 spiro atoms. The number of aromatic carboxylic acids is 1. The summed E-state index contributed by atoms with van der Waals surface area (Å²) in [6, 6.07) is 0.488. The number of carboxylic acid groups (broad SMARTS) is 1. The minimum absolute atomic E-state index is 0. The van der Waals surface area contributed by atoms with Gasteiger partial charge >= 0.3 is 11.9 Å². The van der Waals surface area contributed by atoms with E-state index in [1.54, 1.807) is 4.57 Å². The minimum atomic E-state index is -1.32. The highest BCUT2D eigenvalue weighted by Crippen LogP contribution is 2.39. The van der Waals surface area contributed by atoms with Crippen molar-refractivity contribution in [1.82, 2.24) is 4.57 Å². The molecule has 0 amide bonds. The minimum Gasteiger partial charge on any atom is -0.477 e. The average molecular weight is 561 g/mol. The molecule has 2 aliphatic rings. The summed E-state index contributed by atoms with van der Waals surface area (Å²) >= 11 is 0. The first kappa shape index (κ1) is 30.8. The molecule has 1 saturated heterocycles. The lowest BCUT2D eigenvalue weighted by atomic mass is 9.93. The van der Waals surface area contributed by atoms with Crippen LogP contribution in [0.1, 0.15) is 67.4 Å². The van der Waals surface area contributed by atoms with Gasteiger partial charge in [-0.3, -0.25) is 9.59 Å². The van der Waals surface area contributed by atoms with Gasteiger partial charge in [0.25, 0.3) is 0 Å². The largest absolute Gasteiger partial charge is 0.477 e. The van der Waals surface area contributed by atoms with E-state index < -0.39 is 29.2 Å². The molecule has 1 aromatic carbocycles. The Labute approximate surface area is 227 Å². The van der Waals surface area contributed by atoms with Crippen LogP contribution in [0.25, 0.3) is 10.9 Å². The van der Waals surface area contributed by atoms with Crippen LogP contribution in [-0.2, 0) is 16.0 Å². The molecule has 0 radical (unpaired) electrons. The molecule has 5 N–H and O–H groups in total. The van der Waals surface area contributed by atoms with E-state index in [1.807, 2.05) is 11.8 Å². The van der Waals surface area contributed by atoms with E-state index in [1.165, 1.54) is 12.3 Å². The smallest absolute Gasteiger partial charge is 0.341 e. The number of hydrogen-bond donors (Lipinski definition) is 3. The first-order valence-electron chi connectivity index (χ1n) is 12.3. The zero-order valence-corrected chi connectivity index (χ0v) is 22.4. The van der Waals surface area contributed by atoms with E-state index in [4.69, 9.17) is 16.2 Å². The van der Waals surface area contributed by atoms with Crippen molar-refractivity contribution in [2.45, 2.75) is 70.1 Å². The lowest BCUT2D eigenvalue weighted by Crippen LogP contribution is -2.42. The van der Waals surface area contributed by atoms with Crippen molar-refractivity contribution in [2.24, 2.45) is 11.5 Å². The summed E-state index contributed by atoms with van der Waals surface area (Å²) in [5.41, 5.74) is 12.2. The fourth-order valence-corrected chi connectivity index (χ4v) is 5.20. The first-order chi connectivity index (χ1) is 16.7. The Hall–Kier alpha value is -2.40. The summed E-state index contributed by atoms with van der Waals surface area (Å²) in [7, 11) is 0. The number of ether oxygens (including phenoxy) is 1. The van der Waals surface area contributed by atoms with Crippen LogP contribution in [0.5, 0.6) is 0 Å². The summed E-state index contributed by atoms with van der Waals surface area (Å²) in [6.45, 7) is 3.50. The molecular weight excluding hydrogens is 526 g/mol. The molecule has 0 saturated carbocycles. The van der Waals surface area contributed by atoms with Gasteiger partial charge < -0.3 is 30.8 Å². The van der Waals surface area contributed by atoms with Gasteiger partial charge in [0.15, 0.2) is 0 Å². The number of pyridine rings is 1. The number of nitrogens with zero attached hydrogens (tertiary/aromatic N) is 2. The van der Waals surface area contributed by atoms with Crippen molar-refractivity contribution >= 4 is 53.3 Å². The normalized spacial score (nSPS) is 18.1. The van der Waals surface area contributed by atoms with Crippen LogP contribution in [0.15, 0.2) is 17.1 Å². The number of rotatable bonds is 8. The van der Waals surface area contributed by atoms with Crippen LogP contribution in [0.2, 0.25) is 0 Å². The molecule has 4 rings (SSSR count). The van der Waals surface area contributed by atoms with E-state index in [2.05, 4.69) is 0 Å². The van der Waals surface area contributed by atoms with Gasteiger partial charge in [-0.15, -0.1) is 24.8 Å². The number of esters is 1. The van der Waals surface area contributed by atoms with E-state index in [-0.39, 0.29) is 47.9 Å². The molecule has 1 fully saturated rings. The number of carbonyl (C=O) groups is 2. The number of aromatic nitrogens is 1. The van der Waals surface area contributed by atoms with Crippen LogP contribution in [0.4, 0.5) is 10.1 Å². The molecule has 1 aromatic heterocycles. The molecule has 37 heavy (non-hydrogen) atoms. The van der Waals surface area contributed by atoms with Gasteiger partial charge in [0.1, 0.15) is 23.5 Å². The van der Waals surface area contributed by atoms with Gasteiger partial charge in [-0.1, -0.05) is 6.42 Å².